The molecule has 1 aliphatic heterocycles. The molecule has 0 atom stereocenters. The largest absolute Gasteiger partial charge is 0.353 e. The van der Waals surface area contributed by atoms with Gasteiger partial charge in [0, 0.05) is 69.3 Å². The van der Waals surface area contributed by atoms with Gasteiger partial charge in [-0.15, -0.1) is 0 Å². The summed E-state index contributed by atoms with van der Waals surface area (Å²) in [5, 5.41) is 11.0. The zero-order chi connectivity index (χ0) is 22.5. The number of amides is 1. The minimum absolute atomic E-state index is 0.0866. The Morgan fingerprint density at radius 3 is 2.29 bits per heavy atom. The van der Waals surface area contributed by atoms with Crippen LogP contribution in [-0.4, -0.2) is 51.9 Å². The molecule has 31 heavy (non-hydrogen) atoms. The Hall–Kier alpha value is -3.03. The van der Waals surface area contributed by atoms with Crippen LogP contribution in [0.25, 0.3) is 0 Å². The third-order valence-electron chi connectivity index (χ3n) is 5.60. The predicted molar refractivity (Wildman–Crippen MR) is 120 cm³/mol. The van der Waals surface area contributed by atoms with Crippen molar-refractivity contribution in [2.24, 2.45) is 5.92 Å². The summed E-state index contributed by atoms with van der Waals surface area (Å²) in [6.45, 7) is 10.8. The zero-order valence-electron chi connectivity index (χ0n) is 18.8. The number of benzene rings is 1. The summed E-state index contributed by atoms with van der Waals surface area (Å²) in [6, 6.07) is 6.69. The first-order valence-corrected chi connectivity index (χ1v) is 10.9. The zero-order valence-corrected chi connectivity index (χ0v) is 18.8. The molecule has 1 amide bonds. The molecule has 2 heterocycles. The third-order valence-corrected chi connectivity index (χ3v) is 5.60. The predicted octanol–water partition coefficient (Wildman–Crippen LogP) is 3.41. The quantitative estimate of drug-likeness (QED) is 0.499. The number of carbonyl (C=O) groups is 1. The fourth-order valence-electron chi connectivity index (χ4n) is 3.93. The molecule has 1 fully saturated rings. The van der Waals surface area contributed by atoms with E-state index in [2.05, 4.69) is 25.7 Å². The smallest absolute Gasteiger partial charge is 0.269 e. The first-order valence-electron chi connectivity index (χ1n) is 10.9. The van der Waals surface area contributed by atoms with Gasteiger partial charge in [-0.1, -0.05) is 32.9 Å². The Kier molecular flexibility index (Phi) is 7.20. The van der Waals surface area contributed by atoms with Crippen molar-refractivity contribution in [1.29, 1.82) is 0 Å². The molecule has 0 unspecified atom stereocenters. The van der Waals surface area contributed by atoms with E-state index in [1.807, 2.05) is 4.90 Å². The number of nitrogens with zero attached hydrogens (tertiary/aromatic N) is 5. The molecule has 1 aromatic carbocycles. The van der Waals surface area contributed by atoms with Gasteiger partial charge >= 0.3 is 0 Å². The van der Waals surface area contributed by atoms with E-state index in [0.717, 1.165) is 54.4 Å². The van der Waals surface area contributed by atoms with Crippen LogP contribution in [-0.2, 0) is 24.1 Å². The number of nitro benzene ring substituents is 1. The second-order valence-electron chi connectivity index (χ2n) is 8.43. The molecule has 1 saturated heterocycles. The number of aryl methyl sites for hydroxylation is 1. The molecule has 0 spiro atoms. The van der Waals surface area contributed by atoms with Crippen molar-refractivity contribution in [2.45, 2.75) is 47.0 Å². The van der Waals surface area contributed by atoms with E-state index in [4.69, 9.17) is 9.97 Å². The van der Waals surface area contributed by atoms with Gasteiger partial charge in [0.15, 0.2) is 0 Å². The number of hydrogen-bond donors (Lipinski definition) is 0. The monoisotopic (exact) mass is 425 g/mol. The van der Waals surface area contributed by atoms with Crippen LogP contribution in [0, 0.1) is 16.0 Å². The number of hydrogen-bond acceptors (Lipinski definition) is 6. The standard InChI is InChI=1S/C23H31N5O3/c1-5-21-20(15-18-6-8-19(9-7-18)28(30)31)23(25-22(24-21)14-16(2)3)27-12-10-26(11-13-27)17(4)29/h6-9,16H,5,10-15H2,1-4H3. The Morgan fingerprint density at radius 2 is 1.77 bits per heavy atom. The van der Waals surface area contributed by atoms with Crippen molar-refractivity contribution >= 4 is 17.4 Å². The Balaban J connectivity index is 1.97. The summed E-state index contributed by atoms with van der Waals surface area (Å²) in [4.78, 5) is 36.3. The number of carbonyl (C=O) groups excluding carboxylic acids is 1. The molecular weight excluding hydrogens is 394 g/mol. The lowest BCUT2D eigenvalue weighted by atomic mass is 10.0. The highest BCUT2D eigenvalue weighted by atomic mass is 16.6. The van der Waals surface area contributed by atoms with E-state index >= 15 is 0 Å². The molecule has 0 aliphatic carbocycles. The molecule has 0 radical (unpaired) electrons. The minimum Gasteiger partial charge on any atom is -0.353 e. The Morgan fingerprint density at radius 1 is 1.13 bits per heavy atom. The van der Waals surface area contributed by atoms with Crippen LogP contribution < -0.4 is 4.90 Å². The molecule has 1 aromatic heterocycles. The summed E-state index contributed by atoms with van der Waals surface area (Å²) in [5.41, 5.74) is 3.17. The molecule has 8 heteroatoms. The van der Waals surface area contributed by atoms with Gasteiger partial charge in [0.05, 0.1) is 4.92 Å². The van der Waals surface area contributed by atoms with Crippen molar-refractivity contribution in [3.8, 4) is 0 Å². The van der Waals surface area contributed by atoms with Gasteiger partial charge in [-0.25, -0.2) is 9.97 Å². The molecule has 2 aromatic rings. The number of nitro groups is 1. The molecule has 3 rings (SSSR count). The molecule has 0 bridgehead atoms. The first kappa shape index (κ1) is 22.7. The van der Waals surface area contributed by atoms with Gasteiger partial charge in [-0.2, -0.15) is 0 Å². The first-order chi connectivity index (χ1) is 14.8. The molecule has 166 valence electrons. The van der Waals surface area contributed by atoms with Crippen LogP contribution in [0.3, 0.4) is 0 Å². The maximum atomic E-state index is 11.7. The highest BCUT2D eigenvalue weighted by Crippen LogP contribution is 2.27. The summed E-state index contributed by atoms with van der Waals surface area (Å²) in [5.74, 6) is 2.34. The van der Waals surface area contributed by atoms with Crippen molar-refractivity contribution in [2.75, 3.05) is 31.1 Å². The normalized spacial score (nSPS) is 14.2. The van der Waals surface area contributed by atoms with Crippen molar-refractivity contribution in [3.05, 3.63) is 57.0 Å². The fourth-order valence-corrected chi connectivity index (χ4v) is 3.93. The van der Waals surface area contributed by atoms with Gasteiger partial charge in [0.25, 0.3) is 5.69 Å². The van der Waals surface area contributed by atoms with Crippen LogP contribution in [0.2, 0.25) is 0 Å². The summed E-state index contributed by atoms with van der Waals surface area (Å²) in [7, 11) is 0. The summed E-state index contributed by atoms with van der Waals surface area (Å²) < 4.78 is 0. The van der Waals surface area contributed by atoms with E-state index in [0.29, 0.717) is 25.4 Å². The van der Waals surface area contributed by atoms with Crippen LogP contribution in [0.4, 0.5) is 11.5 Å². The van der Waals surface area contributed by atoms with Crippen LogP contribution in [0.1, 0.15) is 50.3 Å². The van der Waals surface area contributed by atoms with Gasteiger partial charge in [0.1, 0.15) is 11.6 Å². The van der Waals surface area contributed by atoms with Crippen LogP contribution in [0.5, 0.6) is 0 Å². The van der Waals surface area contributed by atoms with Crippen LogP contribution in [0.15, 0.2) is 24.3 Å². The molecular formula is C23H31N5O3. The van der Waals surface area contributed by atoms with Gasteiger partial charge < -0.3 is 9.80 Å². The number of anilines is 1. The minimum atomic E-state index is -0.384. The number of aromatic nitrogens is 2. The Bertz CT molecular complexity index is 935. The molecule has 0 saturated carbocycles. The lowest BCUT2D eigenvalue weighted by Gasteiger charge is -2.36. The highest BCUT2D eigenvalue weighted by Gasteiger charge is 2.24. The maximum absolute atomic E-state index is 11.7. The fraction of sp³-hybridized carbons (Fsp3) is 0.522. The van der Waals surface area contributed by atoms with Gasteiger partial charge in [-0.3, -0.25) is 14.9 Å². The average molecular weight is 426 g/mol. The van der Waals surface area contributed by atoms with Gasteiger partial charge in [0.2, 0.25) is 5.91 Å². The Labute approximate surface area is 183 Å². The lowest BCUT2D eigenvalue weighted by molar-refractivity contribution is -0.384. The SMILES string of the molecule is CCc1nc(CC(C)C)nc(N2CCN(C(C)=O)CC2)c1Cc1ccc([N+](=O)[O-])cc1. The van der Waals surface area contributed by atoms with E-state index in [9.17, 15) is 14.9 Å². The topological polar surface area (TPSA) is 92.5 Å². The molecule has 1 aliphatic rings. The van der Waals surface area contributed by atoms with E-state index < -0.39 is 0 Å². The van der Waals surface area contributed by atoms with Crippen molar-refractivity contribution in [3.63, 3.8) is 0 Å². The van der Waals surface area contributed by atoms with E-state index in [1.54, 1.807) is 31.2 Å². The van der Waals surface area contributed by atoms with Gasteiger partial charge in [-0.05, 0) is 17.9 Å². The maximum Gasteiger partial charge on any atom is 0.269 e. The summed E-state index contributed by atoms with van der Waals surface area (Å²) in [6.07, 6.45) is 2.22. The van der Waals surface area contributed by atoms with Crippen LogP contribution >= 0.6 is 0 Å². The number of non-ortho nitro benzene ring substituents is 1. The van der Waals surface area contributed by atoms with Crippen molar-refractivity contribution < 1.29 is 9.72 Å². The second-order valence-corrected chi connectivity index (χ2v) is 8.43. The lowest BCUT2D eigenvalue weighted by Crippen LogP contribution is -2.48. The number of rotatable bonds is 7. The van der Waals surface area contributed by atoms with E-state index in [1.165, 1.54) is 0 Å². The number of piperazine rings is 1. The second kappa shape index (κ2) is 9.85. The van der Waals surface area contributed by atoms with Crippen molar-refractivity contribution in [1.82, 2.24) is 14.9 Å². The van der Waals surface area contributed by atoms with E-state index in [-0.39, 0.29) is 16.5 Å². The summed E-state index contributed by atoms with van der Waals surface area (Å²) >= 11 is 0. The molecule has 8 nitrogen and oxygen atoms in total. The highest BCUT2D eigenvalue weighted by molar-refractivity contribution is 5.73. The third kappa shape index (κ3) is 5.57. The average Bonchev–Trinajstić information content (AvgIpc) is 2.74. The molecule has 0 N–H and O–H groups in total.